The number of hydrogen-bond acceptors (Lipinski definition) is 2. The first-order chi connectivity index (χ1) is 10.1. The lowest BCUT2D eigenvalue weighted by Crippen LogP contribution is -2.43. The fourth-order valence-corrected chi connectivity index (χ4v) is 2.41. The Morgan fingerprint density at radius 3 is 2.10 bits per heavy atom. The van der Waals surface area contributed by atoms with E-state index in [4.69, 9.17) is 0 Å². The van der Waals surface area contributed by atoms with Crippen molar-refractivity contribution in [2.75, 3.05) is 19.6 Å². The maximum Gasteiger partial charge on any atom is 0.236 e. The van der Waals surface area contributed by atoms with Crippen LogP contribution in [-0.4, -0.2) is 41.4 Å². The standard InChI is InChI=1S/C18H30N2O/c1-5-12-19(13-6-2)18(21)15-20(16(3)4)14-17-10-8-7-9-11-17/h7-11,16H,5-6,12-15H2,1-4H3. The van der Waals surface area contributed by atoms with Gasteiger partial charge in [-0.1, -0.05) is 44.2 Å². The molecule has 0 aromatic heterocycles. The molecule has 0 saturated heterocycles. The molecule has 1 amide bonds. The van der Waals surface area contributed by atoms with Gasteiger partial charge in [-0.25, -0.2) is 0 Å². The second-order valence-electron chi connectivity index (χ2n) is 5.87. The number of carbonyl (C=O) groups excluding carboxylic acids is 1. The fourth-order valence-electron chi connectivity index (χ4n) is 2.41. The number of nitrogens with zero attached hydrogens (tertiary/aromatic N) is 2. The second kappa shape index (κ2) is 9.56. The summed E-state index contributed by atoms with van der Waals surface area (Å²) in [6.45, 7) is 11.6. The third-order valence-corrected chi connectivity index (χ3v) is 3.64. The van der Waals surface area contributed by atoms with E-state index in [0.717, 1.165) is 32.5 Å². The highest BCUT2D eigenvalue weighted by Crippen LogP contribution is 2.09. The van der Waals surface area contributed by atoms with E-state index < -0.39 is 0 Å². The minimum absolute atomic E-state index is 0.253. The molecule has 0 aliphatic heterocycles. The minimum atomic E-state index is 0.253. The molecule has 1 aromatic rings. The van der Waals surface area contributed by atoms with Crippen LogP contribution in [0.25, 0.3) is 0 Å². The fraction of sp³-hybridized carbons (Fsp3) is 0.611. The van der Waals surface area contributed by atoms with E-state index in [1.165, 1.54) is 5.56 Å². The van der Waals surface area contributed by atoms with E-state index in [2.05, 4.69) is 56.9 Å². The Bertz CT molecular complexity index is 397. The van der Waals surface area contributed by atoms with Crippen molar-refractivity contribution in [3.8, 4) is 0 Å². The van der Waals surface area contributed by atoms with Crippen LogP contribution in [-0.2, 0) is 11.3 Å². The van der Waals surface area contributed by atoms with Crippen molar-refractivity contribution < 1.29 is 4.79 Å². The Morgan fingerprint density at radius 1 is 1.05 bits per heavy atom. The van der Waals surface area contributed by atoms with Gasteiger partial charge in [0.05, 0.1) is 6.54 Å². The van der Waals surface area contributed by atoms with Crippen LogP contribution in [0, 0.1) is 0 Å². The van der Waals surface area contributed by atoms with Crippen LogP contribution in [0.5, 0.6) is 0 Å². The predicted octanol–water partition coefficient (Wildman–Crippen LogP) is 3.55. The van der Waals surface area contributed by atoms with Crippen molar-refractivity contribution in [2.24, 2.45) is 0 Å². The Balaban J connectivity index is 2.66. The normalized spacial score (nSPS) is 11.1. The van der Waals surface area contributed by atoms with E-state index in [-0.39, 0.29) is 5.91 Å². The smallest absolute Gasteiger partial charge is 0.236 e. The van der Waals surface area contributed by atoms with Gasteiger partial charge in [0.2, 0.25) is 5.91 Å². The average Bonchev–Trinajstić information content (AvgIpc) is 2.47. The van der Waals surface area contributed by atoms with Crippen molar-refractivity contribution in [1.82, 2.24) is 9.80 Å². The molecule has 0 bridgehead atoms. The molecule has 0 heterocycles. The molecule has 0 fully saturated rings. The Kier molecular flexibility index (Phi) is 8.06. The van der Waals surface area contributed by atoms with E-state index in [0.29, 0.717) is 12.6 Å². The maximum absolute atomic E-state index is 12.5. The summed E-state index contributed by atoms with van der Waals surface area (Å²) in [6, 6.07) is 10.7. The molecular formula is C18H30N2O. The summed E-state index contributed by atoms with van der Waals surface area (Å²) < 4.78 is 0. The highest BCUT2D eigenvalue weighted by molar-refractivity contribution is 5.78. The van der Waals surface area contributed by atoms with Gasteiger partial charge in [-0.2, -0.15) is 0 Å². The molecule has 21 heavy (non-hydrogen) atoms. The molecule has 1 rings (SSSR count). The van der Waals surface area contributed by atoms with Crippen LogP contribution in [0.2, 0.25) is 0 Å². The Hall–Kier alpha value is -1.35. The molecule has 1 aromatic carbocycles. The van der Waals surface area contributed by atoms with Crippen LogP contribution in [0.15, 0.2) is 30.3 Å². The predicted molar refractivity (Wildman–Crippen MR) is 89.2 cm³/mol. The van der Waals surface area contributed by atoms with Crippen LogP contribution >= 0.6 is 0 Å². The van der Waals surface area contributed by atoms with E-state index in [9.17, 15) is 4.79 Å². The third kappa shape index (κ3) is 6.30. The van der Waals surface area contributed by atoms with E-state index >= 15 is 0 Å². The molecule has 3 heteroatoms. The zero-order valence-electron chi connectivity index (χ0n) is 14.0. The lowest BCUT2D eigenvalue weighted by atomic mass is 10.2. The zero-order valence-corrected chi connectivity index (χ0v) is 14.0. The number of benzene rings is 1. The van der Waals surface area contributed by atoms with Crippen molar-refractivity contribution in [3.63, 3.8) is 0 Å². The highest BCUT2D eigenvalue weighted by Gasteiger charge is 2.18. The van der Waals surface area contributed by atoms with Gasteiger partial charge in [0, 0.05) is 25.7 Å². The molecule has 0 saturated carbocycles. The van der Waals surface area contributed by atoms with Crippen LogP contribution in [0.1, 0.15) is 46.1 Å². The monoisotopic (exact) mass is 290 g/mol. The van der Waals surface area contributed by atoms with Crippen molar-refractivity contribution >= 4 is 5.91 Å². The molecule has 0 aliphatic carbocycles. The summed E-state index contributed by atoms with van der Waals surface area (Å²) in [5.74, 6) is 0.253. The zero-order chi connectivity index (χ0) is 15.7. The van der Waals surface area contributed by atoms with Crippen LogP contribution < -0.4 is 0 Å². The lowest BCUT2D eigenvalue weighted by Gasteiger charge is -2.29. The average molecular weight is 290 g/mol. The maximum atomic E-state index is 12.5. The van der Waals surface area contributed by atoms with Gasteiger partial charge in [0.15, 0.2) is 0 Å². The van der Waals surface area contributed by atoms with Gasteiger partial charge >= 0.3 is 0 Å². The molecule has 0 spiro atoms. The molecule has 0 unspecified atom stereocenters. The Morgan fingerprint density at radius 2 is 1.62 bits per heavy atom. The first-order valence-corrected chi connectivity index (χ1v) is 8.14. The summed E-state index contributed by atoms with van der Waals surface area (Å²) in [4.78, 5) is 16.8. The largest absolute Gasteiger partial charge is 0.342 e. The molecule has 3 nitrogen and oxygen atoms in total. The summed E-state index contributed by atoms with van der Waals surface area (Å²) in [6.07, 6.45) is 2.04. The second-order valence-corrected chi connectivity index (χ2v) is 5.87. The highest BCUT2D eigenvalue weighted by atomic mass is 16.2. The number of hydrogen-bond donors (Lipinski definition) is 0. The molecule has 118 valence electrons. The third-order valence-electron chi connectivity index (χ3n) is 3.64. The summed E-state index contributed by atoms with van der Waals surface area (Å²) in [7, 11) is 0. The first-order valence-electron chi connectivity index (χ1n) is 8.14. The molecule has 0 aliphatic rings. The van der Waals surface area contributed by atoms with Gasteiger partial charge in [-0.15, -0.1) is 0 Å². The van der Waals surface area contributed by atoms with Crippen molar-refractivity contribution in [1.29, 1.82) is 0 Å². The number of amides is 1. The van der Waals surface area contributed by atoms with Gasteiger partial charge in [-0.3, -0.25) is 9.69 Å². The van der Waals surface area contributed by atoms with E-state index in [1.807, 2.05) is 11.0 Å². The van der Waals surface area contributed by atoms with E-state index in [1.54, 1.807) is 0 Å². The van der Waals surface area contributed by atoms with Crippen molar-refractivity contribution in [3.05, 3.63) is 35.9 Å². The van der Waals surface area contributed by atoms with Crippen LogP contribution in [0.3, 0.4) is 0 Å². The van der Waals surface area contributed by atoms with Gasteiger partial charge in [0.1, 0.15) is 0 Å². The van der Waals surface area contributed by atoms with Gasteiger partial charge < -0.3 is 4.90 Å². The summed E-state index contributed by atoms with van der Waals surface area (Å²) in [5, 5.41) is 0. The molecule has 0 radical (unpaired) electrons. The molecule has 0 N–H and O–H groups in total. The number of rotatable bonds is 9. The molecule has 0 atom stereocenters. The lowest BCUT2D eigenvalue weighted by molar-refractivity contribution is -0.133. The number of carbonyl (C=O) groups is 1. The minimum Gasteiger partial charge on any atom is -0.342 e. The quantitative estimate of drug-likeness (QED) is 0.694. The first kappa shape index (κ1) is 17.7. The van der Waals surface area contributed by atoms with Gasteiger partial charge in [-0.05, 0) is 32.3 Å². The molecular weight excluding hydrogens is 260 g/mol. The summed E-state index contributed by atoms with van der Waals surface area (Å²) >= 11 is 0. The Labute approximate surface area is 129 Å². The van der Waals surface area contributed by atoms with Crippen molar-refractivity contribution in [2.45, 2.75) is 53.1 Å². The van der Waals surface area contributed by atoms with Gasteiger partial charge in [0.25, 0.3) is 0 Å². The summed E-state index contributed by atoms with van der Waals surface area (Å²) in [5.41, 5.74) is 1.26. The topological polar surface area (TPSA) is 23.6 Å². The SMILES string of the molecule is CCCN(CCC)C(=O)CN(Cc1ccccc1)C(C)C. The van der Waals surface area contributed by atoms with Crippen LogP contribution in [0.4, 0.5) is 0 Å².